The minimum atomic E-state index is -0.304. The maximum Gasteiger partial charge on any atom is 0.164 e. The Labute approximate surface area is 42.1 Å². The van der Waals surface area contributed by atoms with Gasteiger partial charge in [0.2, 0.25) is 0 Å². The zero-order valence-electron chi connectivity index (χ0n) is 3.89. The predicted octanol–water partition coefficient (Wildman–Crippen LogP) is -1.14. The Hall–Kier alpha value is -0.570. The normalized spacial score (nSPS) is 29.6. The molecule has 7 heavy (non-hydrogen) atoms. The van der Waals surface area contributed by atoms with Gasteiger partial charge in [0.15, 0.2) is 6.34 Å². The molecule has 1 atom stereocenters. The van der Waals surface area contributed by atoms with E-state index in [4.69, 9.17) is 5.11 Å². The summed E-state index contributed by atoms with van der Waals surface area (Å²) < 4.78 is 0. The van der Waals surface area contributed by atoms with Crippen LogP contribution in [0.3, 0.4) is 0 Å². The lowest BCUT2D eigenvalue weighted by molar-refractivity contribution is 0.182. The molecule has 2 N–H and O–H groups in total. The van der Waals surface area contributed by atoms with Crippen LogP contribution in [0.2, 0.25) is 0 Å². The second-order valence-electron chi connectivity index (χ2n) is 1.49. The van der Waals surface area contributed by atoms with Crippen LogP contribution < -0.4 is 5.32 Å². The average Bonchev–Trinajstić information content (AvgIpc) is 1.69. The van der Waals surface area contributed by atoms with Crippen LogP contribution in [-0.2, 0) is 0 Å². The van der Waals surface area contributed by atoms with Crippen molar-refractivity contribution < 1.29 is 5.11 Å². The summed E-state index contributed by atoms with van der Waals surface area (Å²) in [5, 5.41) is 11.4. The molecule has 0 fully saturated rings. The smallest absolute Gasteiger partial charge is 0.164 e. The van der Waals surface area contributed by atoms with Crippen molar-refractivity contribution in [3.8, 4) is 0 Å². The minimum absolute atomic E-state index is 0.304. The van der Waals surface area contributed by atoms with Gasteiger partial charge in [-0.3, -0.25) is 4.99 Å². The second-order valence-corrected chi connectivity index (χ2v) is 1.49. The first kappa shape index (κ1) is 4.59. The highest BCUT2D eigenvalue weighted by atomic mass is 16.3. The van der Waals surface area contributed by atoms with Gasteiger partial charge in [0.25, 0.3) is 0 Å². The van der Waals surface area contributed by atoms with Crippen LogP contribution in [0.25, 0.3) is 0 Å². The van der Waals surface area contributed by atoms with E-state index in [1.165, 1.54) is 0 Å². The number of nitrogens with one attached hydrogen (secondary N) is 1. The number of aliphatic hydroxyl groups is 1. The molecular weight excluding hydrogens is 92.1 g/mol. The molecular formula is C4H7N2O. The first-order valence-corrected chi connectivity index (χ1v) is 2.22. The topological polar surface area (TPSA) is 44.6 Å². The summed E-state index contributed by atoms with van der Waals surface area (Å²) in [7, 11) is 0. The van der Waals surface area contributed by atoms with Gasteiger partial charge in [-0.05, 0) is 0 Å². The van der Waals surface area contributed by atoms with Crippen molar-refractivity contribution in [1.82, 2.24) is 5.32 Å². The Morgan fingerprint density at radius 2 is 2.71 bits per heavy atom. The standard InChI is InChI=1S/C4H7N2O/c7-4-1-5-3-6-2-4/h4,7H,1-2H2,(H,5,6). The van der Waals surface area contributed by atoms with Gasteiger partial charge in [0.05, 0.1) is 12.6 Å². The summed E-state index contributed by atoms with van der Waals surface area (Å²) in [4.78, 5) is 3.65. The Bertz CT molecular complexity index is 81.8. The van der Waals surface area contributed by atoms with Crippen LogP contribution in [0.15, 0.2) is 4.99 Å². The van der Waals surface area contributed by atoms with Crippen molar-refractivity contribution in [2.24, 2.45) is 4.99 Å². The van der Waals surface area contributed by atoms with Crippen LogP contribution in [0.1, 0.15) is 0 Å². The highest BCUT2D eigenvalue weighted by Crippen LogP contribution is 1.83. The minimum Gasteiger partial charge on any atom is -0.389 e. The van der Waals surface area contributed by atoms with E-state index in [9.17, 15) is 0 Å². The van der Waals surface area contributed by atoms with Gasteiger partial charge < -0.3 is 10.4 Å². The van der Waals surface area contributed by atoms with Crippen LogP contribution in [0.4, 0.5) is 0 Å². The molecule has 0 aromatic rings. The summed E-state index contributed by atoms with van der Waals surface area (Å²) in [5.41, 5.74) is 0. The SMILES string of the molecule is OC1CN=[C]NC1. The van der Waals surface area contributed by atoms with Gasteiger partial charge in [-0.25, -0.2) is 0 Å². The summed E-state index contributed by atoms with van der Waals surface area (Å²) in [6.45, 7) is 1.08. The molecule has 1 aliphatic heterocycles. The molecule has 1 unspecified atom stereocenters. The third-order valence-corrected chi connectivity index (χ3v) is 0.798. The van der Waals surface area contributed by atoms with Crippen LogP contribution >= 0.6 is 0 Å². The molecule has 0 aliphatic carbocycles. The summed E-state index contributed by atoms with van der Waals surface area (Å²) >= 11 is 0. The zero-order chi connectivity index (χ0) is 5.11. The molecule has 0 aromatic heterocycles. The molecule has 0 bridgehead atoms. The fourth-order valence-electron chi connectivity index (χ4n) is 0.435. The average molecular weight is 99.1 g/mol. The van der Waals surface area contributed by atoms with E-state index in [0.717, 1.165) is 0 Å². The lowest BCUT2D eigenvalue weighted by Crippen LogP contribution is -2.32. The van der Waals surface area contributed by atoms with E-state index in [1.54, 1.807) is 0 Å². The van der Waals surface area contributed by atoms with E-state index in [2.05, 4.69) is 16.6 Å². The first-order valence-electron chi connectivity index (χ1n) is 2.22. The molecule has 1 aliphatic rings. The Balaban J connectivity index is 2.32. The number of aliphatic imine (C=N–C) groups is 1. The van der Waals surface area contributed by atoms with Crippen molar-refractivity contribution in [2.45, 2.75) is 6.10 Å². The highest BCUT2D eigenvalue weighted by Gasteiger charge is 2.03. The van der Waals surface area contributed by atoms with E-state index in [0.29, 0.717) is 13.1 Å². The molecule has 1 heterocycles. The van der Waals surface area contributed by atoms with Crippen LogP contribution in [0.5, 0.6) is 0 Å². The summed E-state index contributed by atoms with van der Waals surface area (Å²) in [6, 6.07) is 0. The number of rotatable bonds is 0. The number of nitrogens with zero attached hydrogens (tertiary/aromatic N) is 1. The molecule has 0 amide bonds. The number of β-amino-alcohol motifs (C(OH)–C–C–N with tert-alkyl or cyclic N) is 1. The molecule has 3 nitrogen and oxygen atoms in total. The molecule has 0 aromatic carbocycles. The van der Waals surface area contributed by atoms with E-state index >= 15 is 0 Å². The maximum absolute atomic E-state index is 8.71. The van der Waals surface area contributed by atoms with E-state index < -0.39 is 0 Å². The van der Waals surface area contributed by atoms with Gasteiger partial charge >= 0.3 is 0 Å². The van der Waals surface area contributed by atoms with E-state index in [-0.39, 0.29) is 6.10 Å². The molecule has 3 heteroatoms. The van der Waals surface area contributed by atoms with E-state index in [1.807, 2.05) is 0 Å². The van der Waals surface area contributed by atoms with Crippen molar-refractivity contribution in [2.75, 3.05) is 13.1 Å². The first-order chi connectivity index (χ1) is 3.39. The molecule has 1 rings (SSSR count). The van der Waals surface area contributed by atoms with Crippen LogP contribution in [-0.4, -0.2) is 30.6 Å². The fourth-order valence-corrected chi connectivity index (χ4v) is 0.435. The third kappa shape index (κ3) is 1.16. The quantitative estimate of drug-likeness (QED) is 0.403. The lowest BCUT2D eigenvalue weighted by Gasteiger charge is -2.09. The van der Waals surface area contributed by atoms with Gasteiger partial charge in [-0.15, -0.1) is 0 Å². The number of hydrogen-bond acceptors (Lipinski definition) is 3. The molecule has 0 spiro atoms. The number of aliphatic hydroxyl groups excluding tert-OH is 1. The van der Waals surface area contributed by atoms with Crippen molar-refractivity contribution in [3.05, 3.63) is 0 Å². The highest BCUT2D eigenvalue weighted by molar-refractivity contribution is 5.55. The van der Waals surface area contributed by atoms with Gasteiger partial charge in [0.1, 0.15) is 0 Å². The van der Waals surface area contributed by atoms with Crippen molar-refractivity contribution in [3.63, 3.8) is 0 Å². The Kier molecular flexibility index (Phi) is 1.26. The number of hydrogen-bond donors (Lipinski definition) is 2. The Morgan fingerprint density at radius 1 is 1.86 bits per heavy atom. The zero-order valence-corrected chi connectivity index (χ0v) is 3.89. The molecule has 1 radical (unpaired) electrons. The Morgan fingerprint density at radius 3 is 3.00 bits per heavy atom. The van der Waals surface area contributed by atoms with Crippen molar-refractivity contribution in [1.29, 1.82) is 0 Å². The molecule has 0 saturated carbocycles. The molecule has 0 saturated heterocycles. The predicted molar refractivity (Wildman–Crippen MR) is 26.3 cm³/mol. The summed E-state index contributed by atoms with van der Waals surface area (Å²) in [5.74, 6) is 0. The van der Waals surface area contributed by atoms with Gasteiger partial charge in [-0.2, -0.15) is 0 Å². The molecule has 39 valence electrons. The summed E-state index contributed by atoms with van der Waals surface area (Å²) in [6.07, 6.45) is 2.23. The van der Waals surface area contributed by atoms with Crippen LogP contribution in [0, 0.1) is 0 Å². The fraction of sp³-hybridized carbons (Fsp3) is 0.750. The van der Waals surface area contributed by atoms with Gasteiger partial charge in [-0.1, -0.05) is 0 Å². The third-order valence-electron chi connectivity index (χ3n) is 0.798. The lowest BCUT2D eigenvalue weighted by atomic mass is 10.3. The monoisotopic (exact) mass is 99.1 g/mol. The largest absolute Gasteiger partial charge is 0.389 e. The second kappa shape index (κ2) is 1.93. The van der Waals surface area contributed by atoms with Crippen molar-refractivity contribution >= 4 is 6.34 Å². The maximum atomic E-state index is 8.71. The van der Waals surface area contributed by atoms with Gasteiger partial charge in [0, 0.05) is 6.54 Å².